The number of imidazole rings is 1. The van der Waals surface area contributed by atoms with Crippen LogP contribution in [0.4, 0.5) is 5.69 Å². The normalized spacial score (nSPS) is 19.7. The van der Waals surface area contributed by atoms with Crippen LogP contribution < -0.4 is 10.2 Å². The Morgan fingerprint density at radius 1 is 0.933 bits per heavy atom. The van der Waals surface area contributed by atoms with Crippen LogP contribution in [0.2, 0.25) is 0 Å². The first-order valence-corrected chi connectivity index (χ1v) is 11.0. The number of benzene rings is 2. The molecule has 30 heavy (non-hydrogen) atoms. The number of piperazine rings is 1. The topological polar surface area (TPSA) is 64.3 Å². The Hall–Kier alpha value is -2.86. The van der Waals surface area contributed by atoms with E-state index in [9.17, 15) is 4.79 Å². The number of fused-ring (bicyclic) bond motifs is 1. The minimum Gasteiger partial charge on any atom is -0.369 e. The molecule has 0 unspecified atom stereocenters. The lowest BCUT2D eigenvalue weighted by atomic mass is 9.86. The number of hydrogen-bond acceptors (Lipinski definition) is 4. The van der Waals surface area contributed by atoms with Crippen LogP contribution in [0.5, 0.6) is 0 Å². The van der Waals surface area contributed by atoms with Gasteiger partial charge in [-0.15, -0.1) is 0 Å². The predicted molar refractivity (Wildman–Crippen MR) is 120 cm³/mol. The average molecular weight is 404 g/mol. The maximum Gasteiger partial charge on any atom is 0.254 e. The first kappa shape index (κ1) is 19.1. The van der Waals surface area contributed by atoms with Gasteiger partial charge >= 0.3 is 0 Å². The number of rotatable bonds is 4. The van der Waals surface area contributed by atoms with Crippen molar-refractivity contribution < 1.29 is 4.79 Å². The highest BCUT2D eigenvalue weighted by Crippen LogP contribution is 2.33. The molecule has 6 nitrogen and oxygen atoms in total. The van der Waals surface area contributed by atoms with Gasteiger partial charge in [0.1, 0.15) is 5.52 Å². The molecule has 5 rings (SSSR count). The van der Waals surface area contributed by atoms with Crippen molar-refractivity contribution in [3.63, 3.8) is 0 Å². The highest BCUT2D eigenvalue weighted by atomic mass is 16.2. The van der Waals surface area contributed by atoms with Crippen molar-refractivity contribution in [3.8, 4) is 0 Å². The van der Waals surface area contributed by atoms with Gasteiger partial charge in [-0.2, -0.15) is 0 Å². The number of aromatic amines is 1. The number of nitrogens with one attached hydrogen (secondary N) is 2. The summed E-state index contributed by atoms with van der Waals surface area (Å²) in [6, 6.07) is 16.4. The van der Waals surface area contributed by atoms with Gasteiger partial charge in [0.05, 0.1) is 23.1 Å². The van der Waals surface area contributed by atoms with E-state index in [1.54, 1.807) is 6.33 Å². The molecule has 2 heterocycles. The van der Waals surface area contributed by atoms with E-state index in [1.165, 1.54) is 12.1 Å². The van der Waals surface area contributed by atoms with E-state index >= 15 is 0 Å². The summed E-state index contributed by atoms with van der Waals surface area (Å²) < 4.78 is 0. The molecule has 156 valence electrons. The lowest BCUT2D eigenvalue weighted by Gasteiger charge is -2.50. The van der Waals surface area contributed by atoms with Gasteiger partial charge in [0.25, 0.3) is 5.91 Å². The Morgan fingerprint density at radius 3 is 2.47 bits per heavy atom. The summed E-state index contributed by atoms with van der Waals surface area (Å²) in [5.74, 6) is -0.0138. The number of aromatic nitrogens is 2. The standard InChI is InChI=1S/C24H29N5O/c30-23(20-10-7-11-21-22(20)26-18-25-21)27-24(12-5-2-6-13-24)29-16-14-28(15-17-29)19-8-3-1-4-9-19/h1,3-4,7-11,18H,2,5-6,12-17H2,(H,25,26)(H,27,30). The van der Waals surface area contributed by atoms with E-state index in [4.69, 9.17) is 0 Å². The quantitative estimate of drug-likeness (QED) is 0.696. The average Bonchev–Trinajstić information content (AvgIpc) is 3.29. The van der Waals surface area contributed by atoms with Gasteiger partial charge in [-0.1, -0.05) is 30.7 Å². The van der Waals surface area contributed by atoms with Gasteiger partial charge in [0.15, 0.2) is 0 Å². The molecule has 0 spiro atoms. The van der Waals surface area contributed by atoms with E-state index in [0.29, 0.717) is 5.56 Å². The van der Waals surface area contributed by atoms with Crippen molar-refractivity contribution in [2.24, 2.45) is 0 Å². The Kier molecular flexibility index (Phi) is 5.17. The molecule has 2 aliphatic rings. The summed E-state index contributed by atoms with van der Waals surface area (Å²) in [5, 5.41) is 3.47. The van der Waals surface area contributed by atoms with Crippen LogP contribution in [0, 0.1) is 0 Å². The van der Waals surface area contributed by atoms with Crippen LogP contribution in [0.15, 0.2) is 54.9 Å². The van der Waals surface area contributed by atoms with Crippen molar-refractivity contribution in [1.82, 2.24) is 20.2 Å². The summed E-state index contributed by atoms with van der Waals surface area (Å²) in [7, 11) is 0. The van der Waals surface area contributed by atoms with Crippen LogP contribution in [0.3, 0.4) is 0 Å². The predicted octanol–water partition coefficient (Wildman–Crippen LogP) is 3.78. The zero-order chi connectivity index (χ0) is 20.4. The molecule has 0 atom stereocenters. The smallest absolute Gasteiger partial charge is 0.254 e. The van der Waals surface area contributed by atoms with Gasteiger partial charge in [0.2, 0.25) is 0 Å². The Morgan fingerprint density at radius 2 is 1.70 bits per heavy atom. The van der Waals surface area contributed by atoms with E-state index in [-0.39, 0.29) is 11.6 Å². The molecule has 0 bridgehead atoms. The lowest BCUT2D eigenvalue weighted by Crippen LogP contribution is -2.65. The molecule has 1 amide bonds. The van der Waals surface area contributed by atoms with Crippen molar-refractivity contribution >= 4 is 22.6 Å². The maximum absolute atomic E-state index is 13.4. The van der Waals surface area contributed by atoms with Crippen LogP contribution >= 0.6 is 0 Å². The van der Waals surface area contributed by atoms with Crippen LogP contribution in [-0.2, 0) is 0 Å². The minimum atomic E-state index is -0.253. The molecule has 1 aromatic heterocycles. The monoisotopic (exact) mass is 403 g/mol. The van der Waals surface area contributed by atoms with Crippen molar-refractivity contribution in [2.45, 2.75) is 37.8 Å². The summed E-state index contributed by atoms with van der Waals surface area (Å²) in [5.41, 5.74) is 3.33. The van der Waals surface area contributed by atoms with Gasteiger partial charge < -0.3 is 15.2 Å². The second kappa shape index (κ2) is 8.11. The Labute approximate surface area is 177 Å². The largest absolute Gasteiger partial charge is 0.369 e. The highest BCUT2D eigenvalue weighted by Gasteiger charge is 2.41. The van der Waals surface area contributed by atoms with Gasteiger partial charge in [-0.05, 0) is 49.9 Å². The lowest BCUT2D eigenvalue weighted by molar-refractivity contribution is 0.0155. The zero-order valence-corrected chi connectivity index (χ0v) is 17.3. The molecular formula is C24H29N5O. The van der Waals surface area contributed by atoms with Gasteiger partial charge in [-0.25, -0.2) is 4.98 Å². The summed E-state index contributed by atoms with van der Waals surface area (Å²) in [4.78, 5) is 25.8. The van der Waals surface area contributed by atoms with Crippen LogP contribution in [0.1, 0.15) is 42.5 Å². The molecule has 1 aliphatic carbocycles. The number of carbonyl (C=O) groups is 1. The van der Waals surface area contributed by atoms with Crippen molar-refractivity contribution in [1.29, 1.82) is 0 Å². The molecule has 2 aromatic carbocycles. The number of nitrogens with zero attached hydrogens (tertiary/aromatic N) is 3. The van der Waals surface area contributed by atoms with Gasteiger partial charge in [0, 0.05) is 31.9 Å². The third-order valence-electron chi connectivity index (χ3n) is 6.73. The first-order chi connectivity index (χ1) is 14.8. The number of amides is 1. The molecule has 2 N–H and O–H groups in total. The van der Waals surface area contributed by atoms with E-state index < -0.39 is 0 Å². The number of hydrogen-bond donors (Lipinski definition) is 2. The molecule has 1 saturated carbocycles. The number of H-pyrrole nitrogens is 1. The van der Waals surface area contributed by atoms with Crippen LogP contribution in [0.25, 0.3) is 11.0 Å². The molecule has 1 saturated heterocycles. The molecule has 1 aliphatic heterocycles. The van der Waals surface area contributed by atoms with Crippen LogP contribution in [-0.4, -0.2) is 52.6 Å². The van der Waals surface area contributed by atoms with E-state index in [2.05, 4.69) is 55.4 Å². The van der Waals surface area contributed by atoms with Gasteiger partial charge in [-0.3, -0.25) is 9.69 Å². The Bertz CT molecular complexity index is 1000. The fraction of sp³-hybridized carbons (Fsp3) is 0.417. The fourth-order valence-corrected chi connectivity index (χ4v) is 5.12. The molecule has 2 fully saturated rings. The van der Waals surface area contributed by atoms with Crippen molar-refractivity contribution in [2.75, 3.05) is 31.1 Å². The third-order valence-corrected chi connectivity index (χ3v) is 6.73. The molecular weight excluding hydrogens is 374 g/mol. The third kappa shape index (κ3) is 3.56. The van der Waals surface area contributed by atoms with Crippen molar-refractivity contribution in [3.05, 3.63) is 60.4 Å². The fourth-order valence-electron chi connectivity index (χ4n) is 5.12. The molecule has 6 heteroatoms. The Balaban J connectivity index is 1.35. The van der Waals surface area contributed by atoms with E-state index in [1.807, 2.05) is 18.2 Å². The summed E-state index contributed by atoms with van der Waals surface area (Å²) in [6.07, 6.45) is 7.25. The number of para-hydroxylation sites is 2. The zero-order valence-electron chi connectivity index (χ0n) is 17.3. The highest BCUT2D eigenvalue weighted by molar-refractivity contribution is 6.05. The second-order valence-electron chi connectivity index (χ2n) is 8.46. The maximum atomic E-state index is 13.4. The summed E-state index contributed by atoms with van der Waals surface area (Å²) >= 11 is 0. The first-order valence-electron chi connectivity index (χ1n) is 11.0. The number of anilines is 1. The minimum absolute atomic E-state index is 0.0138. The SMILES string of the molecule is O=C(NC1(N2CCN(c3ccccc3)CC2)CCCCC1)c1cccc2[nH]cnc12. The molecule has 3 aromatic rings. The second-order valence-corrected chi connectivity index (χ2v) is 8.46. The van der Waals surface area contributed by atoms with E-state index in [0.717, 1.165) is 62.9 Å². The molecule has 0 radical (unpaired) electrons. The summed E-state index contributed by atoms with van der Waals surface area (Å²) in [6.45, 7) is 3.89. The number of carbonyl (C=O) groups excluding carboxylic acids is 1.